The third-order valence-corrected chi connectivity index (χ3v) is 5.56. The van der Waals surface area contributed by atoms with Gasteiger partial charge in [-0.15, -0.1) is 0 Å². The largest absolute Gasteiger partial charge is 0.456 e. The van der Waals surface area contributed by atoms with E-state index in [4.69, 9.17) is 4.74 Å². The third kappa shape index (κ3) is 4.35. The van der Waals surface area contributed by atoms with E-state index in [-0.39, 0.29) is 5.97 Å². The van der Waals surface area contributed by atoms with Crippen LogP contribution in [0.2, 0.25) is 0 Å². The van der Waals surface area contributed by atoms with Crippen molar-refractivity contribution in [3.63, 3.8) is 0 Å². The molecule has 1 aromatic carbocycles. The summed E-state index contributed by atoms with van der Waals surface area (Å²) in [5, 5.41) is 4.59. The first-order valence-electron chi connectivity index (χ1n) is 10.3. The van der Waals surface area contributed by atoms with Crippen molar-refractivity contribution in [1.82, 2.24) is 14.5 Å². The highest BCUT2D eigenvalue weighted by molar-refractivity contribution is 5.91. The number of carbonyl (C=O) groups excluding carboxylic acids is 1. The molecule has 4 rings (SSSR count). The number of nitrogens with zero attached hydrogens (tertiary/aromatic N) is 3. The maximum Gasteiger partial charge on any atom is 0.338 e. The maximum absolute atomic E-state index is 12.2. The molecule has 152 valence electrons. The second-order valence-corrected chi connectivity index (χ2v) is 9.01. The van der Waals surface area contributed by atoms with Crippen LogP contribution in [0.4, 0.5) is 0 Å². The first kappa shape index (κ1) is 19.6. The van der Waals surface area contributed by atoms with Gasteiger partial charge in [0.25, 0.3) is 0 Å². The van der Waals surface area contributed by atoms with E-state index >= 15 is 0 Å². The fraction of sp³-hybridized carbons (Fsp3) is 0.417. The quantitative estimate of drug-likeness (QED) is 0.604. The molecule has 1 aliphatic rings. The fourth-order valence-corrected chi connectivity index (χ4v) is 3.93. The Morgan fingerprint density at radius 1 is 1.07 bits per heavy atom. The summed E-state index contributed by atoms with van der Waals surface area (Å²) >= 11 is 0. The number of fused-ring (bicyclic) bond motifs is 1. The van der Waals surface area contributed by atoms with E-state index in [1.807, 2.05) is 55.7 Å². The Morgan fingerprint density at radius 2 is 1.76 bits per heavy atom. The van der Waals surface area contributed by atoms with Gasteiger partial charge < -0.3 is 9.64 Å². The van der Waals surface area contributed by atoms with Crippen molar-refractivity contribution in [2.24, 2.45) is 0 Å². The highest BCUT2D eigenvalue weighted by Crippen LogP contribution is 2.30. The van der Waals surface area contributed by atoms with Crippen LogP contribution in [0.3, 0.4) is 0 Å². The van der Waals surface area contributed by atoms with Crippen molar-refractivity contribution >= 4 is 11.5 Å². The molecule has 0 atom stereocenters. The number of hydrogen-bond donors (Lipinski definition) is 0. The molecule has 5 heteroatoms. The van der Waals surface area contributed by atoms with E-state index in [1.54, 1.807) is 0 Å². The second kappa shape index (κ2) is 7.64. The van der Waals surface area contributed by atoms with Crippen LogP contribution >= 0.6 is 0 Å². The molecule has 0 aliphatic carbocycles. The lowest BCUT2D eigenvalue weighted by Crippen LogP contribution is -2.29. The van der Waals surface area contributed by atoms with E-state index in [9.17, 15) is 4.79 Å². The monoisotopic (exact) mass is 391 g/mol. The molecule has 2 aromatic heterocycles. The molecular weight excluding hydrogens is 362 g/mol. The Bertz CT molecular complexity index is 1010. The topological polar surface area (TPSA) is 46.8 Å². The molecule has 0 radical (unpaired) electrons. The van der Waals surface area contributed by atoms with Crippen molar-refractivity contribution in [1.29, 1.82) is 0 Å². The number of esters is 1. The smallest absolute Gasteiger partial charge is 0.338 e. The van der Waals surface area contributed by atoms with Gasteiger partial charge in [0.2, 0.25) is 0 Å². The highest BCUT2D eigenvalue weighted by Gasteiger charge is 2.20. The van der Waals surface area contributed by atoms with Crippen LogP contribution in [-0.2, 0) is 4.74 Å². The van der Waals surface area contributed by atoms with Gasteiger partial charge in [0.1, 0.15) is 5.60 Å². The Balaban J connectivity index is 1.56. The van der Waals surface area contributed by atoms with Crippen LogP contribution in [0.5, 0.6) is 0 Å². The van der Waals surface area contributed by atoms with Gasteiger partial charge in [0, 0.05) is 11.8 Å². The SMILES string of the molecule is CN1CCC(c2ccc3c(-c4ccc(C(=O)OC(C)(C)C)cc4)cnn3c2)CC1. The van der Waals surface area contributed by atoms with Crippen LogP contribution in [0, 0.1) is 0 Å². The van der Waals surface area contributed by atoms with Crippen LogP contribution in [0.25, 0.3) is 16.6 Å². The zero-order valence-corrected chi connectivity index (χ0v) is 17.7. The Morgan fingerprint density at radius 3 is 2.41 bits per heavy atom. The Labute approximate surface area is 172 Å². The summed E-state index contributed by atoms with van der Waals surface area (Å²) < 4.78 is 7.42. The number of hydrogen-bond acceptors (Lipinski definition) is 4. The number of ether oxygens (including phenoxy) is 1. The lowest BCUT2D eigenvalue weighted by Gasteiger charge is -2.29. The minimum atomic E-state index is -0.496. The van der Waals surface area contributed by atoms with E-state index in [2.05, 4.69) is 35.4 Å². The second-order valence-electron chi connectivity index (χ2n) is 9.01. The molecule has 3 aromatic rings. The number of pyridine rings is 1. The third-order valence-electron chi connectivity index (χ3n) is 5.56. The van der Waals surface area contributed by atoms with E-state index in [0.29, 0.717) is 11.5 Å². The predicted molar refractivity (Wildman–Crippen MR) is 115 cm³/mol. The van der Waals surface area contributed by atoms with Gasteiger partial charge in [0.15, 0.2) is 0 Å². The molecule has 0 spiro atoms. The number of aromatic nitrogens is 2. The summed E-state index contributed by atoms with van der Waals surface area (Å²) in [6.07, 6.45) is 6.46. The minimum Gasteiger partial charge on any atom is -0.456 e. The van der Waals surface area contributed by atoms with Crippen molar-refractivity contribution in [2.45, 2.75) is 45.1 Å². The van der Waals surface area contributed by atoms with Gasteiger partial charge in [-0.3, -0.25) is 0 Å². The molecule has 0 saturated carbocycles. The van der Waals surface area contributed by atoms with Crippen LogP contribution in [0.1, 0.15) is 55.5 Å². The van der Waals surface area contributed by atoms with Crippen molar-refractivity contribution in [3.05, 3.63) is 59.9 Å². The van der Waals surface area contributed by atoms with Crippen LogP contribution in [0.15, 0.2) is 48.8 Å². The molecule has 1 aliphatic heterocycles. The summed E-state index contributed by atoms with van der Waals surface area (Å²) in [5.74, 6) is 0.308. The van der Waals surface area contributed by atoms with E-state index in [1.165, 1.54) is 18.4 Å². The summed E-state index contributed by atoms with van der Waals surface area (Å²) in [6.45, 7) is 7.92. The molecule has 0 unspecified atom stereocenters. The Kier molecular flexibility index (Phi) is 5.17. The molecule has 1 fully saturated rings. The highest BCUT2D eigenvalue weighted by atomic mass is 16.6. The van der Waals surface area contributed by atoms with Gasteiger partial charge >= 0.3 is 5.97 Å². The average molecular weight is 392 g/mol. The molecule has 0 N–H and O–H groups in total. The molecular formula is C24H29N3O2. The number of rotatable bonds is 3. The van der Waals surface area contributed by atoms with Crippen molar-refractivity contribution in [2.75, 3.05) is 20.1 Å². The van der Waals surface area contributed by atoms with E-state index in [0.717, 1.165) is 29.7 Å². The van der Waals surface area contributed by atoms with Gasteiger partial charge in [-0.25, -0.2) is 9.31 Å². The lowest BCUT2D eigenvalue weighted by molar-refractivity contribution is 0.00695. The molecule has 0 bridgehead atoms. The zero-order chi connectivity index (χ0) is 20.6. The van der Waals surface area contributed by atoms with Gasteiger partial charge in [0.05, 0.1) is 17.3 Å². The predicted octanol–water partition coefficient (Wildman–Crippen LogP) is 4.77. The zero-order valence-electron chi connectivity index (χ0n) is 17.7. The molecule has 29 heavy (non-hydrogen) atoms. The van der Waals surface area contributed by atoms with E-state index < -0.39 is 5.60 Å². The van der Waals surface area contributed by atoms with Crippen LogP contribution < -0.4 is 0 Å². The maximum atomic E-state index is 12.2. The van der Waals surface area contributed by atoms with Gasteiger partial charge in [-0.05, 0) is 89.0 Å². The average Bonchev–Trinajstić information content (AvgIpc) is 3.10. The molecule has 3 heterocycles. The molecule has 5 nitrogen and oxygen atoms in total. The Hall–Kier alpha value is -2.66. The molecule has 1 saturated heterocycles. The summed E-state index contributed by atoms with van der Waals surface area (Å²) in [6, 6.07) is 12.0. The minimum absolute atomic E-state index is 0.299. The summed E-state index contributed by atoms with van der Waals surface area (Å²) in [5.41, 5.74) is 4.61. The number of likely N-dealkylation sites (tertiary alicyclic amines) is 1. The summed E-state index contributed by atoms with van der Waals surface area (Å²) in [7, 11) is 2.19. The van der Waals surface area contributed by atoms with Crippen LogP contribution in [-0.4, -0.2) is 46.2 Å². The van der Waals surface area contributed by atoms with Crippen molar-refractivity contribution in [3.8, 4) is 11.1 Å². The molecule has 0 amide bonds. The normalized spacial score (nSPS) is 16.3. The number of carbonyl (C=O) groups is 1. The van der Waals surface area contributed by atoms with Gasteiger partial charge in [-0.2, -0.15) is 5.10 Å². The first-order valence-corrected chi connectivity index (χ1v) is 10.3. The number of benzene rings is 1. The summed E-state index contributed by atoms with van der Waals surface area (Å²) in [4.78, 5) is 14.6. The standard InChI is InChI=1S/C24H29N3O2/c1-24(2,3)29-23(28)19-7-5-18(6-8-19)21-15-25-27-16-20(9-10-22(21)27)17-11-13-26(4)14-12-17/h5-10,15-17H,11-14H2,1-4H3. The lowest BCUT2D eigenvalue weighted by atomic mass is 9.90. The fourth-order valence-electron chi connectivity index (χ4n) is 3.93. The van der Waals surface area contributed by atoms with Gasteiger partial charge in [-0.1, -0.05) is 18.2 Å². The number of piperidine rings is 1. The first-order chi connectivity index (χ1) is 13.8. The van der Waals surface area contributed by atoms with Crippen molar-refractivity contribution < 1.29 is 9.53 Å².